The van der Waals surface area contributed by atoms with Gasteiger partial charge in [0.25, 0.3) is 0 Å². The van der Waals surface area contributed by atoms with E-state index in [0.717, 1.165) is 28.9 Å². The Morgan fingerprint density at radius 1 is 1.12 bits per heavy atom. The van der Waals surface area contributed by atoms with E-state index < -0.39 is 0 Å². The van der Waals surface area contributed by atoms with Crippen molar-refractivity contribution in [3.63, 3.8) is 0 Å². The van der Waals surface area contributed by atoms with Crippen molar-refractivity contribution in [1.29, 1.82) is 0 Å². The van der Waals surface area contributed by atoms with Gasteiger partial charge >= 0.3 is 0 Å². The molecule has 25 heavy (non-hydrogen) atoms. The lowest BCUT2D eigenvalue weighted by atomic mass is 10.1. The van der Waals surface area contributed by atoms with Crippen molar-refractivity contribution in [2.24, 2.45) is 0 Å². The van der Waals surface area contributed by atoms with Gasteiger partial charge in [-0.2, -0.15) is 4.98 Å². The van der Waals surface area contributed by atoms with Crippen LogP contribution in [0.25, 0.3) is 0 Å². The first kappa shape index (κ1) is 16.0. The summed E-state index contributed by atoms with van der Waals surface area (Å²) in [6.07, 6.45) is 1.80. The highest BCUT2D eigenvalue weighted by Crippen LogP contribution is 2.27. The van der Waals surface area contributed by atoms with Gasteiger partial charge in [0.05, 0.1) is 6.54 Å². The van der Waals surface area contributed by atoms with Gasteiger partial charge in [0.15, 0.2) is 0 Å². The third-order valence-electron chi connectivity index (χ3n) is 4.18. The molecule has 2 aromatic heterocycles. The van der Waals surface area contributed by atoms with E-state index in [-0.39, 0.29) is 0 Å². The largest absolute Gasteiger partial charge is 0.348 e. The molecule has 0 bridgehead atoms. The minimum atomic E-state index is 0.405. The lowest BCUT2D eigenvalue weighted by molar-refractivity contribution is 0.817. The monoisotopic (exact) mass is 352 g/mol. The van der Waals surface area contributed by atoms with Crippen LogP contribution in [-0.2, 0) is 19.6 Å². The molecule has 1 aliphatic heterocycles. The van der Waals surface area contributed by atoms with Crippen molar-refractivity contribution in [1.82, 2.24) is 20.2 Å². The van der Waals surface area contributed by atoms with Gasteiger partial charge in [-0.05, 0) is 17.2 Å². The number of aromatic nitrogens is 4. The molecule has 0 atom stereocenters. The van der Waals surface area contributed by atoms with Crippen molar-refractivity contribution < 1.29 is 0 Å². The number of benzene rings is 1. The smallest absolute Gasteiger partial charge is 0.224 e. The predicted molar refractivity (Wildman–Crippen MR) is 99.7 cm³/mol. The maximum absolute atomic E-state index is 4.65. The van der Waals surface area contributed by atoms with E-state index >= 15 is 0 Å². The molecule has 0 aliphatic carbocycles. The standard InChI is InChI=1S/C18H20N6S/c1-12(2)17-23-22-16(25-17)9-20-18-19-8-7-15(21-18)24-10-13-5-3-4-6-14(13)11-24/h3-8,12H,9-11H2,1-2H3,(H,19,20,21). The summed E-state index contributed by atoms with van der Waals surface area (Å²) in [5, 5.41) is 13.7. The number of nitrogens with one attached hydrogen (secondary N) is 1. The molecule has 0 spiro atoms. The molecule has 0 amide bonds. The highest BCUT2D eigenvalue weighted by atomic mass is 32.1. The fourth-order valence-electron chi connectivity index (χ4n) is 2.83. The molecule has 1 N–H and O–H groups in total. The lowest BCUT2D eigenvalue weighted by Crippen LogP contribution is -2.17. The minimum absolute atomic E-state index is 0.405. The topological polar surface area (TPSA) is 66.8 Å². The Labute approximate surface area is 151 Å². The molecule has 1 aliphatic rings. The Bertz CT molecular complexity index is 850. The molecule has 7 heteroatoms. The summed E-state index contributed by atoms with van der Waals surface area (Å²) in [6, 6.07) is 10.5. The second-order valence-electron chi connectivity index (χ2n) is 6.41. The predicted octanol–water partition coefficient (Wildman–Crippen LogP) is 3.58. The van der Waals surface area contributed by atoms with E-state index in [9.17, 15) is 0 Å². The molecule has 3 aromatic rings. The van der Waals surface area contributed by atoms with E-state index in [2.05, 4.69) is 68.5 Å². The van der Waals surface area contributed by atoms with Crippen molar-refractivity contribution >= 4 is 23.1 Å². The fourth-order valence-corrected chi connectivity index (χ4v) is 3.62. The van der Waals surface area contributed by atoms with Crippen LogP contribution < -0.4 is 10.2 Å². The molecule has 0 radical (unpaired) electrons. The number of anilines is 2. The zero-order valence-electron chi connectivity index (χ0n) is 14.3. The molecule has 0 fully saturated rings. The van der Waals surface area contributed by atoms with Gasteiger partial charge in [-0.3, -0.25) is 0 Å². The summed E-state index contributed by atoms with van der Waals surface area (Å²) >= 11 is 1.63. The molecule has 0 unspecified atom stereocenters. The summed E-state index contributed by atoms with van der Waals surface area (Å²) in [5.41, 5.74) is 2.73. The van der Waals surface area contributed by atoms with E-state index in [1.807, 2.05) is 6.07 Å². The number of hydrogen-bond acceptors (Lipinski definition) is 7. The van der Waals surface area contributed by atoms with Gasteiger partial charge in [0.2, 0.25) is 5.95 Å². The molecule has 128 valence electrons. The van der Waals surface area contributed by atoms with Crippen molar-refractivity contribution in [2.45, 2.75) is 39.4 Å². The van der Waals surface area contributed by atoms with Crippen molar-refractivity contribution in [3.05, 3.63) is 57.7 Å². The number of hydrogen-bond donors (Lipinski definition) is 1. The average molecular weight is 352 g/mol. The molecule has 1 aromatic carbocycles. The van der Waals surface area contributed by atoms with Gasteiger partial charge in [-0.1, -0.05) is 49.4 Å². The SMILES string of the molecule is CC(C)c1nnc(CNc2nccc(N3Cc4ccccc4C3)n2)s1. The van der Waals surface area contributed by atoms with Crippen molar-refractivity contribution in [3.8, 4) is 0 Å². The Hall–Kier alpha value is -2.54. The van der Waals surface area contributed by atoms with Crippen LogP contribution >= 0.6 is 11.3 Å². The van der Waals surface area contributed by atoms with E-state index in [4.69, 9.17) is 0 Å². The first-order chi connectivity index (χ1) is 12.2. The van der Waals surface area contributed by atoms with Crippen LogP contribution in [-0.4, -0.2) is 20.2 Å². The maximum atomic E-state index is 4.65. The van der Waals surface area contributed by atoms with E-state index in [1.165, 1.54) is 11.1 Å². The quantitative estimate of drug-likeness (QED) is 0.757. The summed E-state index contributed by atoms with van der Waals surface area (Å²) in [6.45, 7) is 6.62. The molecule has 6 nitrogen and oxygen atoms in total. The summed E-state index contributed by atoms with van der Waals surface area (Å²) in [7, 11) is 0. The minimum Gasteiger partial charge on any atom is -0.348 e. The van der Waals surface area contributed by atoms with Gasteiger partial charge < -0.3 is 10.2 Å². The summed E-state index contributed by atoms with van der Waals surface area (Å²) < 4.78 is 0. The number of nitrogens with zero attached hydrogens (tertiary/aromatic N) is 5. The first-order valence-electron chi connectivity index (χ1n) is 8.40. The second-order valence-corrected chi connectivity index (χ2v) is 7.50. The normalized spacial score (nSPS) is 13.3. The Balaban J connectivity index is 1.43. The average Bonchev–Trinajstić information content (AvgIpc) is 3.27. The molecular formula is C18H20N6S. The highest BCUT2D eigenvalue weighted by molar-refractivity contribution is 7.11. The van der Waals surface area contributed by atoms with E-state index in [1.54, 1.807) is 17.5 Å². The molecular weight excluding hydrogens is 332 g/mol. The maximum Gasteiger partial charge on any atom is 0.224 e. The van der Waals surface area contributed by atoms with Crippen LogP contribution in [0, 0.1) is 0 Å². The van der Waals surface area contributed by atoms with Crippen LogP contribution in [0.5, 0.6) is 0 Å². The third-order valence-corrected chi connectivity index (χ3v) is 5.40. The third kappa shape index (κ3) is 3.46. The first-order valence-corrected chi connectivity index (χ1v) is 9.21. The highest BCUT2D eigenvalue weighted by Gasteiger charge is 2.19. The lowest BCUT2D eigenvalue weighted by Gasteiger charge is -2.16. The van der Waals surface area contributed by atoms with Crippen LogP contribution in [0.15, 0.2) is 36.5 Å². The molecule has 0 saturated carbocycles. The van der Waals surface area contributed by atoms with E-state index in [0.29, 0.717) is 18.4 Å². The van der Waals surface area contributed by atoms with Crippen molar-refractivity contribution in [2.75, 3.05) is 10.2 Å². The van der Waals surface area contributed by atoms with Crippen LogP contribution in [0.3, 0.4) is 0 Å². The van der Waals surface area contributed by atoms with Gasteiger partial charge in [0.1, 0.15) is 15.8 Å². The number of fused-ring (bicyclic) bond motifs is 1. The van der Waals surface area contributed by atoms with Crippen LogP contribution in [0.1, 0.15) is 40.9 Å². The zero-order valence-corrected chi connectivity index (χ0v) is 15.1. The number of rotatable bonds is 5. The van der Waals surface area contributed by atoms with Crippen LogP contribution in [0.2, 0.25) is 0 Å². The van der Waals surface area contributed by atoms with Gasteiger partial charge in [-0.25, -0.2) is 4.98 Å². The Kier molecular flexibility index (Phi) is 4.31. The molecule has 3 heterocycles. The van der Waals surface area contributed by atoms with Gasteiger partial charge in [0, 0.05) is 25.2 Å². The second kappa shape index (κ2) is 6.76. The Morgan fingerprint density at radius 3 is 2.56 bits per heavy atom. The van der Waals surface area contributed by atoms with Gasteiger partial charge in [-0.15, -0.1) is 10.2 Å². The Morgan fingerprint density at radius 2 is 1.88 bits per heavy atom. The summed E-state index contributed by atoms with van der Waals surface area (Å²) in [5.74, 6) is 1.96. The summed E-state index contributed by atoms with van der Waals surface area (Å²) in [4.78, 5) is 11.2. The van der Waals surface area contributed by atoms with Crippen LogP contribution in [0.4, 0.5) is 11.8 Å². The molecule has 0 saturated heterocycles. The fraction of sp³-hybridized carbons (Fsp3) is 0.333. The molecule has 4 rings (SSSR count). The zero-order chi connectivity index (χ0) is 17.2.